The Balaban J connectivity index is 1.63. The third kappa shape index (κ3) is 3.11. The van der Waals surface area contributed by atoms with Crippen LogP contribution >= 0.6 is 0 Å². The lowest BCUT2D eigenvalue weighted by Gasteiger charge is -2.16. The number of likely N-dealkylation sites (N-methyl/N-ethyl adjacent to an activating group) is 1. The fraction of sp³-hybridized carbons (Fsp3) is 0.375. The normalized spacial score (nSPS) is 16.4. The lowest BCUT2D eigenvalue weighted by molar-refractivity contribution is -0.121. The standard InChI is InChI=1S/C24H26N4O3/c1-24(2)18-14-16(6-8-19(18)27(3)23(24)30)22-25-21(5-4-11-29)26-28(22)17-7-9-20-15(13-17)10-12-31-20/h6-9,13-14,29H,4-5,10-12H2,1-3H3. The van der Waals surface area contributed by atoms with Crippen molar-refractivity contribution >= 4 is 11.6 Å². The molecule has 3 heterocycles. The Labute approximate surface area is 181 Å². The molecule has 1 amide bonds. The van der Waals surface area contributed by atoms with Gasteiger partial charge in [-0.25, -0.2) is 9.67 Å². The third-order valence-corrected chi connectivity index (χ3v) is 6.26. The number of carbonyl (C=O) groups is 1. The van der Waals surface area contributed by atoms with Crippen LogP contribution in [0.15, 0.2) is 36.4 Å². The number of aliphatic hydroxyl groups is 1. The molecule has 0 radical (unpaired) electrons. The number of rotatable bonds is 5. The van der Waals surface area contributed by atoms with E-state index >= 15 is 0 Å². The molecule has 0 spiro atoms. The minimum Gasteiger partial charge on any atom is -0.493 e. The van der Waals surface area contributed by atoms with Gasteiger partial charge >= 0.3 is 0 Å². The molecule has 0 fully saturated rings. The van der Waals surface area contributed by atoms with Crippen molar-refractivity contribution in [3.8, 4) is 22.8 Å². The van der Waals surface area contributed by atoms with Crippen LogP contribution in [0.4, 0.5) is 5.69 Å². The molecule has 0 saturated heterocycles. The van der Waals surface area contributed by atoms with E-state index in [2.05, 4.69) is 12.1 Å². The molecule has 2 aliphatic rings. The molecular formula is C24H26N4O3. The largest absolute Gasteiger partial charge is 0.493 e. The van der Waals surface area contributed by atoms with Crippen LogP contribution in [0.1, 0.15) is 37.2 Å². The smallest absolute Gasteiger partial charge is 0.236 e. The molecule has 3 aromatic rings. The topological polar surface area (TPSA) is 80.5 Å². The predicted octanol–water partition coefficient (Wildman–Crippen LogP) is 3.05. The molecule has 7 heteroatoms. The van der Waals surface area contributed by atoms with Gasteiger partial charge in [0, 0.05) is 37.7 Å². The highest BCUT2D eigenvalue weighted by atomic mass is 16.5. The Bertz CT molecular complexity index is 1180. The van der Waals surface area contributed by atoms with Crippen LogP contribution in [0, 0.1) is 0 Å². The fourth-order valence-electron chi connectivity index (χ4n) is 4.48. The second-order valence-corrected chi connectivity index (χ2v) is 8.70. The molecule has 1 N–H and O–H groups in total. The van der Waals surface area contributed by atoms with Gasteiger partial charge in [0.25, 0.3) is 0 Å². The van der Waals surface area contributed by atoms with E-state index in [-0.39, 0.29) is 12.5 Å². The molecular weight excluding hydrogens is 392 g/mol. The van der Waals surface area contributed by atoms with Crippen LogP contribution in [0.2, 0.25) is 0 Å². The first-order valence-corrected chi connectivity index (χ1v) is 10.7. The number of fused-ring (bicyclic) bond motifs is 2. The van der Waals surface area contributed by atoms with Crippen LogP contribution in [-0.4, -0.2) is 46.0 Å². The second-order valence-electron chi connectivity index (χ2n) is 8.70. The summed E-state index contributed by atoms with van der Waals surface area (Å²) in [4.78, 5) is 19.2. The number of aryl methyl sites for hydroxylation is 1. The minimum absolute atomic E-state index is 0.0865. The quantitative estimate of drug-likeness (QED) is 0.689. The monoisotopic (exact) mass is 418 g/mol. The first-order valence-electron chi connectivity index (χ1n) is 10.7. The predicted molar refractivity (Wildman–Crippen MR) is 118 cm³/mol. The Morgan fingerprint density at radius 2 is 2.03 bits per heavy atom. The van der Waals surface area contributed by atoms with Gasteiger partial charge in [0.15, 0.2) is 11.6 Å². The molecule has 0 aliphatic carbocycles. The maximum atomic E-state index is 12.7. The third-order valence-electron chi connectivity index (χ3n) is 6.26. The number of ether oxygens (including phenoxy) is 1. The van der Waals surface area contributed by atoms with Crippen molar-refractivity contribution in [2.45, 2.75) is 38.5 Å². The lowest BCUT2D eigenvalue weighted by Crippen LogP contribution is -2.33. The molecule has 0 bridgehead atoms. The van der Waals surface area contributed by atoms with Crippen LogP contribution in [-0.2, 0) is 23.1 Å². The van der Waals surface area contributed by atoms with Gasteiger partial charge in [-0.05, 0) is 67.8 Å². The summed E-state index contributed by atoms with van der Waals surface area (Å²) in [5.41, 5.74) is 4.34. The van der Waals surface area contributed by atoms with Gasteiger partial charge < -0.3 is 14.7 Å². The van der Waals surface area contributed by atoms with Crippen LogP contribution < -0.4 is 9.64 Å². The first kappa shape index (κ1) is 19.8. The summed E-state index contributed by atoms with van der Waals surface area (Å²) in [7, 11) is 1.82. The van der Waals surface area contributed by atoms with Crippen molar-refractivity contribution in [1.29, 1.82) is 0 Å². The molecule has 0 saturated carbocycles. The fourth-order valence-corrected chi connectivity index (χ4v) is 4.48. The van der Waals surface area contributed by atoms with Crippen molar-refractivity contribution in [3.63, 3.8) is 0 Å². The Kier molecular flexibility index (Phi) is 4.59. The molecule has 160 valence electrons. The molecule has 2 aliphatic heterocycles. The van der Waals surface area contributed by atoms with E-state index in [1.165, 1.54) is 0 Å². The number of anilines is 1. The van der Waals surface area contributed by atoms with Crippen LogP contribution in [0.5, 0.6) is 5.75 Å². The number of benzene rings is 2. The SMILES string of the molecule is CN1C(=O)C(C)(C)c2cc(-c3nc(CCCO)nn3-c3ccc4c(c3)CCO4)ccc21. The number of aromatic nitrogens is 3. The lowest BCUT2D eigenvalue weighted by atomic mass is 9.85. The van der Waals surface area contributed by atoms with Crippen molar-refractivity contribution < 1.29 is 14.6 Å². The minimum atomic E-state index is -0.588. The van der Waals surface area contributed by atoms with Gasteiger partial charge in [0.2, 0.25) is 5.91 Å². The molecule has 5 rings (SSSR count). The number of carbonyl (C=O) groups excluding carboxylic acids is 1. The highest BCUT2D eigenvalue weighted by Gasteiger charge is 2.42. The van der Waals surface area contributed by atoms with E-state index in [0.29, 0.717) is 25.3 Å². The number of nitrogens with zero attached hydrogens (tertiary/aromatic N) is 4. The van der Waals surface area contributed by atoms with Crippen molar-refractivity contribution in [1.82, 2.24) is 14.8 Å². The highest BCUT2D eigenvalue weighted by Crippen LogP contribution is 2.42. The number of hydrogen-bond acceptors (Lipinski definition) is 5. The van der Waals surface area contributed by atoms with Gasteiger partial charge in [-0.2, -0.15) is 5.10 Å². The van der Waals surface area contributed by atoms with E-state index in [1.54, 1.807) is 4.90 Å². The highest BCUT2D eigenvalue weighted by molar-refractivity contribution is 6.07. The summed E-state index contributed by atoms with van der Waals surface area (Å²) in [6.07, 6.45) is 2.09. The first-order chi connectivity index (χ1) is 14.9. The molecule has 0 unspecified atom stereocenters. The molecule has 0 atom stereocenters. The van der Waals surface area contributed by atoms with Crippen molar-refractivity contribution in [2.75, 3.05) is 25.2 Å². The molecule has 31 heavy (non-hydrogen) atoms. The summed E-state index contributed by atoms with van der Waals surface area (Å²) in [5.74, 6) is 2.43. The molecule has 1 aromatic heterocycles. The number of aliphatic hydroxyl groups excluding tert-OH is 1. The zero-order chi connectivity index (χ0) is 21.8. The van der Waals surface area contributed by atoms with E-state index in [9.17, 15) is 9.90 Å². The van der Waals surface area contributed by atoms with E-state index in [1.807, 2.05) is 49.8 Å². The van der Waals surface area contributed by atoms with Gasteiger partial charge in [-0.1, -0.05) is 0 Å². The molecule has 2 aromatic carbocycles. The van der Waals surface area contributed by atoms with Gasteiger partial charge in [0.1, 0.15) is 5.75 Å². The average Bonchev–Trinajstić information content (AvgIpc) is 3.45. The Morgan fingerprint density at radius 3 is 2.84 bits per heavy atom. The maximum Gasteiger partial charge on any atom is 0.236 e. The summed E-state index contributed by atoms with van der Waals surface area (Å²) in [5, 5.41) is 14.0. The van der Waals surface area contributed by atoms with E-state index in [0.717, 1.165) is 46.1 Å². The average molecular weight is 418 g/mol. The van der Waals surface area contributed by atoms with Crippen LogP contribution in [0.25, 0.3) is 17.1 Å². The summed E-state index contributed by atoms with van der Waals surface area (Å²) >= 11 is 0. The van der Waals surface area contributed by atoms with Gasteiger partial charge in [0.05, 0.1) is 17.7 Å². The van der Waals surface area contributed by atoms with Gasteiger partial charge in [-0.3, -0.25) is 4.79 Å². The van der Waals surface area contributed by atoms with Crippen molar-refractivity contribution in [2.24, 2.45) is 0 Å². The second kappa shape index (κ2) is 7.20. The summed E-state index contributed by atoms with van der Waals surface area (Å²) in [6.45, 7) is 4.71. The number of amides is 1. The van der Waals surface area contributed by atoms with Gasteiger partial charge in [-0.15, -0.1) is 0 Å². The summed E-state index contributed by atoms with van der Waals surface area (Å²) < 4.78 is 7.51. The summed E-state index contributed by atoms with van der Waals surface area (Å²) in [6, 6.07) is 12.1. The zero-order valence-electron chi connectivity index (χ0n) is 18.1. The molecule has 7 nitrogen and oxygen atoms in total. The zero-order valence-corrected chi connectivity index (χ0v) is 18.1. The number of hydrogen-bond donors (Lipinski definition) is 1. The van der Waals surface area contributed by atoms with E-state index in [4.69, 9.17) is 14.8 Å². The van der Waals surface area contributed by atoms with Crippen LogP contribution in [0.3, 0.4) is 0 Å². The Morgan fingerprint density at radius 1 is 1.19 bits per heavy atom. The maximum absolute atomic E-state index is 12.7. The van der Waals surface area contributed by atoms with Crippen molar-refractivity contribution in [3.05, 3.63) is 53.3 Å². The van der Waals surface area contributed by atoms with E-state index < -0.39 is 5.41 Å². The Hall–Kier alpha value is -3.19.